The third-order valence-electron chi connectivity index (χ3n) is 4.48. The van der Waals surface area contributed by atoms with Gasteiger partial charge < -0.3 is 9.47 Å². The van der Waals surface area contributed by atoms with Crippen LogP contribution in [0.2, 0.25) is 0 Å². The molecule has 0 aromatic carbocycles. The maximum absolute atomic E-state index is 12.7. The Bertz CT molecular complexity index is 591. The van der Waals surface area contributed by atoms with Crippen LogP contribution in [-0.2, 0) is 21.2 Å². The predicted octanol–water partition coefficient (Wildman–Crippen LogP) is 0.841. The number of hydrogen-bond acceptors (Lipinski definition) is 4. The predicted molar refractivity (Wildman–Crippen MR) is 78.4 cm³/mol. The van der Waals surface area contributed by atoms with Crippen LogP contribution in [0.5, 0.6) is 0 Å². The number of carbonyl (C=O) groups is 1. The van der Waals surface area contributed by atoms with Gasteiger partial charge in [0.25, 0.3) is 0 Å². The summed E-state index contributed by atoms with van der Waals surface area (Å²) in [5.74, 6) is 0.347. The average molecular weight is 311 g/mol. The minimum atomic E-state index is -2.98. The van der Waals surface area contributed by atoms with Crippen molar-refractivity contribution in [1.29, 1.82) is 0 Å². The Hall–Kier alpha value is -1.37. The van der Waals surface area contributed by atoms with Crippen LogP contribution in [0.1, 0.15) is 32.1 Å². The summed E-state index contributed by atoms with van der Waals surface area (Å²) in [7, 11) is -2.98. The lowest BCUT2D eigenvalue weighted by Gasteiger charge is -2.34. The van der Waals surface area contributed by atoms with Gasteiger partial charge in [0.15, 0.2) is 9.84 Å². The molecule has 1 unspecified atom stereocenters. The first-order valence-electron chi connectivity index (χ1n) is 7.52. The zero-order chi connectivity index (χ0) is 14.9. The molecule has 1 aliphatic heterocycles. The molecule has 21 heavy (non-hydrogen) atoms. The number of carbonyl (C=O) groups excluding carboxylic acids is 1. The molecule has 0 bridgehead atoms. The quantitative estimate of drug-likeness (QED) is 0.826. The van der Waals surface area contributed by atoms with Gasteiger partial charge in [0.1, 0.15) is 6.54 Å². The van der Waals surface area contributed by atoms with E-state index < -0.39 is 9.84 Å². The van der Waals surface area contributed by atoms with Crippen molar-refractivity contribution < 1.29 is 13.2 Å². The van der Waals surface area contributed by atoms with E-state index in [0.717, 1.165) is 25.7 Å². The van der Waals surface area contributed by atoms with Crippen molar-refractivity contribution in [2.75, 3.05) is 11.5 Å². The third kappa shape index (κ3) is 3.28. The Morgan fingerprint density at radius 2 is 2.00 bits per heavy atom. The first-order chi connectivity index (χ1) is 10.1. The Morgan fingerprint density at radius 3 is 2.57 bits per heavy atom. The molecule has 1 saturated carbocycles. The fourth-order valence-corrected chi connectivity index (χ4v) is 5.21. The molecule has 0 N–H and O–H groups in total. The molecule has 2 aliphatic rings. The summed E-state index contributed by atoms with van der Waals surface area (Å²) >= 11 is 0. The average Bonchev–Trinajstić information content (AvgIpc) is 3.13. The van der Waals surface area contributed by atoms with Crippen LogP contribution < -0.4 is 0 Å². The largest absolute Gasteiger partial charge is 0.334 e. The van der Waals surface area contributed by atoms with E-state index in [-0.39, 0.29) is 36.0 Å². The van der Waals surface area contributed by atoms with Crippen molar-refractivity contribution in [2.24, 2.45) is 0 Å². The van der Waals surface area contributed by atoms with Crippen molar-refractivity contribution in [1.82, 2.24) is 14.5 Å². The van der Waals surface area contributed by atoms with Crippen molar-refractivity contribution >= 4 is 15.7 Å². The van der Waals surface area contributed by atoms with E-state index >= 15 is 0 Å². The van der Waals surface area contributed by atoms with Gasteiger partial charge in [-0.3, -0.25) is 4.79 Å². The van der Waals surface area contributed by atoms with Crippen LogP contribution in [0.25, 0.3) is 0 Å². The summed E-state index contributed by atoms with van der Waals surface area (Å²) < 4.78 is 25.2. The van der Waals surface area contributed by atoms with E-state index in [1.54, 1.807) is 23.3 Å². The van der Waals surface area contributed by atoms with Gasteiger partial charge >= 0.3 is 0 Å². The fourth-order valence-electron chi connectivity index (χ4n) is 3.50. The van der Waals surface area contributed by atoms with Crippen molar-refractivity contribution in [2.45, 2.75) is 50.7 Å². The topological polar surface area (TPSA) is 72.3 Å². The first kappa shape index (κ1) is 14.6. The fraction of sp³-hybridized carbons (Fsp3) is 0.714. The van der Waals surface area contributed by atoms with Gasteiger partial charge in [0.2, 0.25) is 5.91 Å². The lowest BCUT2D eigenvalue weighted by Crippen LogP contribution is -2.48. The van der Waals surface area contributed by atoms with Gasteiger partial charge in [0, 0.05) is 24.5 Å². The smallest absolute Gasteiger partial charge is 0.243 e. The highest BCUT2D eigenvalue weighted by atomic mass is 32.2. The molecule has 1 aromatic heterocycles. The zero-order valence-corrected chi connectivity index (χ0v) is 12.8. The van der Waals surface area contributed by atoms with Gasteiger partial charge in [-0.15, -0.1) is 0 Å². The van der Waals surface area contributed by atoms with E-state index in [0.29, 0.717) is 6.42 Å². The Labute approximate surface area is 125 Å². The van der Waals surface area contributed by atoms with Gasteiger partial charge in [-0.05, 0) is 19.3 Å². The van der Waals surface area contributed by atoms with Crippen LogP contribution in [0, 0.1) is 0 Å². The van der Waals surface area contributed by atoms with Gasteiger partial charge in [0.05, 0.1) is 17.8 Å². The standard InChI is InChI=1S/C14H21N3O3S/c18-14(9-16-7-6-15-11-16)17(12-3-1-2-4-12)13-5-8-21(19,20)10-13/h6-7,11-13H,1-5,8-10H2. The number of rotatable bonds is 4. The highest BCUT2D eigenvalue weighted by Gasteiger charge is 2.38. The van der Waals surface area contributed by atoms with E-state index in [9.17, 15) is 13.2 Å². The molecule has 2 fully saturated rings. The normalized spacial score (nSPS) is 25.2. The number of imidazole rings is 1. The van der Waals surface area contributed by atoms with Crippen molar-refractivity contribution in [3.63, 3.8) is 0 Å². The van der Waals surface area contributed by atoms with Gasteiger partial charge in [-0.25, -0.2) is 13.4 Å². The van der Waals surface area contributed by atoms with Crippen LogP contribution in [0.3, 0.4) is 0 Å². The molecule has 0 radical (unpaired) electrons. The van der Waals surface area contributed by atoms with Crippen LogP contribution in [-0.4, -0.2) is 52.4 Å². The van der Waals surface area contributed by atoms with Gasteiger partial charge in [-0.2, -0.15) is 0 Å². The molecule has 116 valence electrons. The Morgan fingerprint density at radius 1 is 1.24 bits per heavy atom. The summed E-state index contributed by atoms with van der Waals surface area (Å²) in [5.41, 5.74) is 0. The SMILES string of the molecule is O=C(Cn1ccnc1)N(C1CCCC1)C1CCS(=O)(=O)C1. The van der Waals surface area contributed by atoms with Crippen LogP contribution in [0.15, 0.2) is 18.7 Å². The second-order valence-electron chi connectivity index (χ2n) is 6.03. The monoisotopic (exact) mass is 311 g/mol. The minimum Gasteiger partial charge on any atom is -0.334 e. The Balaban J connectivity index is 1.77. The Kier molecular flexibility index (Phi) is 4.01. The maximum Gasteiger partial charge on any atom is 0.243 e. The highest BCUT2D eigenvalue weighted by molar-refractivity contribution is 7.91. The second-order valence-corrected chi connectivity index (χ2v) is 8.26. The van der Waals surface area contributed by atoms with E-state index in [1.165, 1.54) is 0 Å². The molecule has 1 atom stereocenters. The molecular weight excluding hydrogens is 290 g/mol. The second kappa shape index (κ2) is 5.79. The molecule has 2 heterocycles. The lowest BCUT2D eigenvalue weighted by atomic mass is 10.1. The number of aromatic nitrogens is 2. The van der Waals surface area contributed by atoms with Crippen LogP contribution >= 0.6 is 0 Å². The summed E-state index contributed by atoms with van der Waals surface area (Å²) in [6.45, 7) is 0.243. The first-order valence-corrected chi connectivity index (χ1v) is 9.35. The van der Waals surface area contributed by atoms with Gasteiger partial charge in [-0.1, -0.05) is 12.8 Å². The molecule has 1 aliphatic carbocycles. The minimum absolute atomic E-state index is 0.0157. The lowest BCUT2D eigenvalue weighted by molar-refractivity contribution is -0.136. The van der Waals surface area contributed by atoms with Crippen LogP contribution in [0.4, 0.5) is 0 Å². The summed E-state index contributed by atoms with van der Waals surface area (Å²) in [5, 5.41) is 0. The molecule has 7 heteroatoms. The van der Waals surface area contributed by atoms with Crippen molar-refractivity contribution in [3.8, 4) is 0 Å². The maximum atomic E-state index is 12.7. The van der Waals surface area contributed by atoms with E-state index in [4.69, 9.17) is 0 Å². The molecule has 0 spiro atoms. The molecule has 3 rings (SSSR count). The molecule has 6 nitrogen and oxygen atoms in total. The van der Waals surface area contributed by atoms with Crippen molar-refractivity contribution in [3.05, 3.63) is 18.7 Å². The number of hydrogen-bond donors (Lipinski definition) is 0. The number of amides is 1. The zero-order valence-electron chi connectivity index (χ0n) is 12.0. The molecule has 1 aromatic rings. The highest BCUT2D eigenvalue weighted by Crippen LogP contribution is 2.29. The summed E-state index contributed by atoms with van der Waals surface area (Å²) in [6.07, 6.45) is 9.84. The number of sulfone groups is 1. The summed E-state index contributed by atoms with van der Waals surface area (Å²) in [4.78, 5) is 18.5. The number of nitrogens with zero attached hydrogens (tertiary/aromatic N) is 3. The third-order valence-corrected chi connectivity index (χ3v) is 6.24. The van der Waals surface area contributed by atoms with E-state index in [2.05, 4.69) is 4.98 Å². The molecule has 1 saturated heterocycles. The summed E-state index contributed by atoms with van der Waals surface area (Å²) in [6, 6.07) is 0.0634. The molecular formula is C14H21N3O3S. The van der Waals surface area contributed by atoms with E-state index in [1.807, 2.05) is 4.90 Å². The molecule has 1 amide bonds.